The molecule has 6 nitrogen and oxygen atoms in total. The fourth-order valence-corrected chi connectivity index (χ4v) is 6.77. The molecule has 4 rings (SSSR count). The Bertz CT molecular complexity index is 1060. The Labute approximate surface area is 166 Å². The third-order valence-electron chi connectivity index (χ3n) is 5.50. The molecular formula is C20H24N2O4S2. The smallest absolute Gasteiger partial charge is 0.207 e. The van der Waals surface area contributed by atoms with Crippen LogP contribution in [0.2, 0.25) is 0 Å². The fraction of sp³-hybridized carbons (Fsp3) is 0.400. The molecule has 1 aliphatic carbocycles. The second-order valence-electron chi connectivity index (χ2n) is 7.35. The van der Waals surface area contributed by atoms with Crippen molar-refractivity contribution < 1.29 is 16.8 Å². The number of hydrogen-bond donors (Lipinski definition) is 1. The predicted octanol–water partition coefficient (Wildman–Crippen LogP) is 2.83. The van der Waals surface area contributed by atoms with Gasteiger partial charge >= 0.3 is 0 Å². The lowest BCUT2D eigenvalue weighted by atomic mass is 9.88. The van der Waals surface area contributed by atoms with Gasteiger partial charge in [-0.05, 0) is 67.5 Å². The van der Waals surface area contributed by atoms with Gasteiger partial charge in [-0.1, -0.05) is 24.3 Å². The summed E-state index contributed by atoms with van der Waals surface area (Å²) in [6, 6.07) is 13.1. The van der Waals surface area contributed by atoms with E-state index in [-0.39, 0.29) is 15.8 Å². The molecule has 2 aliphatic rings. The van der Waals surface area contributed by atoms with Crippen molar-refractivity contribution in [2.45, 2.75) is 47.9 Å². The van der Waals surface area contributed by atoms with Gasteiger partial charge in [0.1, 0.15) is 0 Å². The molecule has 0 unspecified atom stereocenters. The first kappa shape index (κ1) is 19.6. The molecule has 1 atom stereocenters. The highest BCUT2D eigenvalue weighted by Crippen LogP contribution is 2.31. The molecular weight excluding hydrogens is 396 g/mol. The second kappa shape index (κ2) is 7.59. The van der Waals surface area contributed by atoms with E-state index in [2.05, 4.69) is 4.72 Å². The normalized spacial score (nSPS) is 20.8. The highest BCUT2D eigenvalue weighted by atomic mass is 32.2. The molecule has 0 aromatic heterocycles. The summed E-state index contributed by atoms with van der Waals surface area (Å²) in [5.74, 6) is 0. The zero-order valence-electron chi connectivity index (χ0n) is 15.5. The molecule has 1 N–H and O–H groups in total. The van der Waals surface area contributed by atoms with Crippen molar-refractivity contribution in [3.8, 4) is 0 Å². The minimum Gasteiger partial charge on any atom is -0.207 e. The zero-order chi connectivity index (χ0) is 19.8. The Balaban J connectivity index is 1.56. The lowest BCUT2D eigenvalue weighted by Crippen LogP contribution is -2.31. The fourth-order valence-electron chi connectivity index (χ4n) is 4.00. The summed E-state index contributed by atoms with van der Waals surface area (Å²) in [6.07, 6.45) is 4.35. The summed E-state index contributed by atoms with van der Waals surface area (Å²) in [5.41, 5.74) is 2.19. The van der Waals surface area contributed by atoms with Crippen molar-refractivity contribution in [3.05, 3.63) is 59.7 Å². The number of benzene rings is 2. The van der Waals surface area contributed by atoms with Gasteiger partial charge in [-0.3, -0.25) is 0 Å². The Kier molecular flexibility index (Phi) is 5.30. The maximum Gasteiger partial charge on any atom is 0.243 e. The Hall–Kier alpha value is -1.74. The lowest BCUT2D eigenvalue weighted by molar-refractivity contribution is 0.477. The van der Waals surface area contributed by atoms with Crippen molar-refractivity contribution in [1.29, 1.82) is 0 Å². The Morgan fingerprint density at radius 1 is 0.821 bits per heavy atom. The van der Waals surface area contributed by atoms with Gasteiger partial charge in [-0.15, -0.1) is 0 Å². The summed E-state index contributed by atoms with van der Waals surface area (Å²) in [5, 5.41) is 0. The molecule has 0 bridgehead atoms. The molecule has 1 fully saturated rings. The van der Waals surface area contributed by atoms with E-state index in [1.165, 1.54) is 34.1 Å². The van der Waals surface area contributed by atoms with Gasteiger partial charge in [0.25, 0.3) is 0 Å². The summed E-state index contributed by atoms with van der Waals surface area (Å²) in [7, 11) is -7.29. The van der Waals surface area contributed by atoms with Crippen molar-refractivity contribution >= 4 is 20.0 Å². The number of hydrogen-bond acceptors (Lipinski definition) is 4. The third kappa shape index (κ3) is 3.74. The quantitative estimate of drug-likeness (QED) is 0.806. The van der Waals surface area contributed by atoms with Crippen LogP contribution in [0, 0.1) is 0 Å². The average molecular weight is 421 g/mol. The first-order valence-corrected chi connectivity index (χ1v) is 12.5. The number of fused-ring (bicyclic) bond motifs is 1. The molecule has 1 heterocycles. The molecule has 0 amide bonds. The van der Waals surface area contributed by atoms with E-state index in [9.17, 15) is 16.8 Å². The van der Waals surface area contributed by atoms with Gasteiger partial charge in [-0.2, -0.15) is 4.31 Å². The molecule has 150 valence electrons. The number of aryl methyl sites for hydroxylation is 1. The van der Waals surface area contributed by atoms with Gasteiger partial charge in [0.05, 0.1) is 9.79 Å². The summed E-state index contributed by atoms with van der Waals surface area (Å²) in [6.45, 7) is 1.04. The van der Waals surface area contributed by atoms with Gasteiger partial charge in [0.15, 0.2) is 0 Å². The molecule has 8 heteroatoms. The minimum atomic E-state index is -3.74. The van der Waals surface area contributed by atoms with Crippen molar-refractivity contribution in [2.24, 2.45) is 0 Å². The number of sulfonamides is 2. The standard InChI is InChI=1S/C20H24N2O4S2/c23-27(24,21-20-9-5-7-16-6-1-2-8-19(16)20)17-10-12-18(13-11-17)28(25,26)22-14-3-4-15-22/h1-2,6,8,10-13,20-21H,3-5,7,9,14-15H2/t20-/m1/s1. The summed E-state index contributed by atoms with van der Waals surface area (Å²) >= 11 is 0. The van der Waals surface area contributed by atoms with E-state index in [4.69, 9.17) is 0 Å². The molecule has 0 saturated carbocycles. The monoisotopic (exact) mass is 420 g/mol. The first-order valence-electron chi connectivity index (χ1n) is 9.58. The van der Waals surface area contributed by atoms with E-state index in [0.717, 1.165) is 37.7 Å². The molecule has 28 heavy (non-hydrogen) atoms. The lowest BCUT2D eigenvalue weighted by Gasteiger charge is -2.26. The van der Waals surface area contributed by atoms with Gasteiger partial charge in [-0.25, -0.2) is 21.6 Å². The van der Waals surface area contributed by atoms with Crippen molar-refractivity contribution in [2.75, 3.05) is 13.1 Å². The third-order valence-corrected chi connectivity index (χ3v) is 8.90. The van der Waals surface area contributed by atoms with Crippen LogP contribution in [0.15, 0.2) is 58.3 Å². The zero-order valence-corrected chi connectivity index (χ0v) is 17.2. The Morgan fingerprint density at radius 2 is 1.46 bits per heavy atom. The first-order chi connectivity index (χ1) is 13.4. The number of nitrogens with one attached hydrogen (secondary N) is 1. The molecule has 1 aliphatic heterocycles. The minimum absolute atomic E-state index is 0.0796. The van der Waals surface area contributed by atoms with E-state index in [1.54, 1.807) is 0 Å². The molecule has 2 aromatic carbocycles. The highest BCUT2D eigenvalue weighted by molar-refractivity contribution is 7.89. The van der Waals surface area contributed by atoms with Crippen LogP contribution < -0.4 is 4.72 Å². The maximum absolute atomic E-state index is 12.9. The summed E-state index contributed by atoms with van der Waals surface area (Å²) < 4.78 is 55.2. The van der Waals surface area contributed by atoms with Gasteiger partial charge in [0, 0.05) is 19.1 Å². The molecule has 1 saturated heterocycles. The van der Waals surface area contributed by atoms with E-state index < -0.39 is 20.0 Å². The van der Waals surface area contributed by atoms with Crippen molar-refractivity contribution in [3.63, 3.8) is 0 Å². The average Bonchev–Trinajstić information content (AvgIpc) is 3.24. The van der Waals surface area contributed by atoms with Crippen LogP contribution in [0.3, 0.4) is 0 Å². The van der Waals surface area contributed by atoms with Crippen LogP contribution in [-0.4, -0.2) is 34.2 Å². The van der Waals surface area contributed by atoms with E-state index in [1.807, 2.05) is 24.3 Å². The van der Waals surface area contributed by atoms with Crippen molar-refractivity contribution in [1.82, 2.24) is 9.03 Å². The topological polar surface area (TPSA) is 83.5 Å². The molecule has 0 radical (unpaired) electrons. The van der Waals surface area contributed by atoms with Crippen LogP contribution in [0.25, 0.3) is 0 Å². The van der Waals surface area contributed by atoms with Crippen LogP contribution in [0.1, 0.15) is 42.9 Å². The van der Waals surface area contributed by atoms with Crippen LogP contribution in [0.5, 0.6) is 0 Å². The van der Waals surface area contributed by atoms with Crippen LogP contribution in [-0.2, 0) is 26.5 Å². The highest BCUT2D eigenvalue weighted by Gasteiger charge is 2.29. The van der Waals surface area contributed by atoms with Gasteiger partial charge < -0.3 is 0 Å². The van der Waals surface area contributed by atoms with E-state index in [0.29, 0.717) is 13.1 Å². The van der Waals surface area contributed by atoms with Gasteiger partial charge in [0.2, 0.25) is 20.0 Å². The Morgan fingerprint density at radius 3 is 2.18 bits per heavy atom. The van der Waals surface area contributed by atoms with E-state index >= 15 is 0 Å². The second-order valence-corrected chi connectivity index (χ2v) is 11.0. The summed E-state index contributed by atoms with van der Waals surface area (Å²) in [4.78, 5) is 0.215. The predicted molar refractivity (Wildman–Crippen MR) is 107 cm³/mol. The largest absolute Gasteiger partial charge is 0.243 e. The number of rotatable bonds is 5. The van der Waals surface area contributed by atoms with Crippen LogP contribution in [0.4, 0.5) is 0 Å². The molecule has 0 spiro atoms. The molecule has 2 aromatic rings. The van der Waals surface area contributed by atoms with Crippen LogP contribution >= 0.6 is 0 Å². The SMILES string of the molecule is O=S(=O)(N[C@@H]1CCCc2ccccc21)c1ccc(S(=O)(=O)N2CCCC2)cc1. The maximum atomic E-state index is 12.9. The number of nitrogens with zero attached hydrogens (tertiary/aromatic N) is 1.